The third kappa shape index (κ3) is 3.67. The lowest BCUT2D eigenvalue weighted by Crippen LogP contribution is -2.36. The normalized spacial score (nSPS) is 15.8. The summed E-state index contributed by atoms with van der Waals surface area (Å²) in [5, 5.41) is 3.56. The van der Waals surface area contributed by atoms with E-state index in [2.05, 4.69) is 89.9 Å². The molecule has 4 heteroatoms. The highest BCUT2D eigenvalue weighted by Gasteiger charge is 2.25. The second-order valence-electron chi connectivity index (χ2n) is 7.17. The first kappa shape index (κ1) is 17.6. The van der Waals surface area contributed by atoms with Crippen LogP contribution in [0.5, 0.6) is 0 Å². The molecule has 2 aliphatic rings. The fourth-order valence-electron chi connectivity index (χ4n) is 3.62. The molecule has 0 fully saturated rings. The Morgan fingerprint density at radius 1 is 1.04 bits per heavy atom. The van der Waals surface area contributed by atoms with E-state index in [9.17, 15) is 0 Å². The van der Waals surface area contributed by atoms with Crippen LogP contribution in [0.15, 0.2) is 83.3 Å². The summed E-state index contributed by atoms with van der Waals surface area (Å²) < 4.78 is 0. The zero-order valence-corrected chi connectivity index (χ0v) is 16.0. The number of hydrogen-bond acceptors (Lipinski definition) is 4. The standard InChI is InChI=1S/C23H26N4/c1-26(2)16-9-17-27-21-14-7-6-12-19(21)22(18-10-4-3-5-11-18)25-20-13-8-15-24-23(20)27/h3-8,10-14,24H,9,15-17H2,1-2H3. The highest BCUT2D eigenvalue weighted by atomic mass is 15.3. The van der Waals surface area contributed by atoms with Gasteiger partial charge in [-0.2, -0.15) is 0 Å². The summed E-state index contributed by atoms with van der Waals surface area (Å²) in [6.45, 7) is 2.84. The Labute approximate surface area is 161 Å². The summed E-state index contributed by atoms with van der Waals surface area (Å²) in [5.74, 6) is 1.11. The Hall–Kier alpha value is -2.85. The Bertz CT molecular complexity index is 894. The summed E-state index contributed by atoms with van der Waals surface area (Å²) in [5.41, 5.74) is 5.57. The lowest BCUT2D eigenvalue weighted by Gasteiger charge is -2.30. The van der Waals surface area contributed by atoms with Gasteiger partial charge in [0.05, 0.1) is 11.4 Å². The van der Waals surface area contributed by atoms with E-state index in [-0.39, 0.29) is 0 Å². The predicted molar refractivity (Wildman–Crippen MR) is 113 cm³/mol. The molecule has 0 unspecified atom stereocenters. The molecule has 2 aromatic carbocycles. The number of para-hydroxylation sites is 1. The molecule has 2 aliphatic heterocycles. The molecule has 2 aromatic rings. The third-order valence-electron chi connectivity index (χ3n) is 4.89. The van der Waals surface area contributed by atoms with Crippen molar-refractivity contribution in [2.24, 2.45) is 4.99 Å². The van der Waals surface area contributed by atoms with Crippen molar-refractivity contribution in [3.63, 3.8) is 0 Å². The van der Waals surface area contributed by atoms with Crippen LogP contribution in [0.25, 0.3) is 0 Å². The van der Waals surface area contributed by atoms with E-state index in [1.165, 1.54) is 11.3 Å². The SMILES string of the molecule is CN(C)CCCN1C2=C(C=CCN2)N=C(c2ccccc2)c2ccccc21. The maximum Gasteiger partial charge on any atom is 0.133 e. The van der Waals surface area contributed by atoms with Crippen molar-refractivity contribution in [2.45, 2.75) is 6.42 Å². The summed E-state index contributed by atoms with van der Waals surface area (Å²) in [6, 6.07) is 19.1. The van der Waals surface area contributed by atoms with Gasteiger partial charge in [-0.25, -0.2) is 4.99 Å². The van der Waals surface area contributed by atoms with Crippen molar-refractivity contribution >= 4 is 11.4 Å². The molecule has 4 rings (SSSR count). The van der Waals surface area contributed by atoms with Crippen LogP contribution in [0, 0.1) is 0 Å². The van der Waals surface area contributed by atoms with E-state index in [1.807, 2.05) is 6.07 Å². The molecule has 0 amide bonds. The number of dihydropyridines is 1. The monoisotopic (exact) mass is 358 g/mol. The van der Waals surface area contributed by atoms with Gasteiger partial charge in [0.25, 0.3) is 0 Å². The van der Waals surface area contributed by atoms with E-state index in [0.717, 1.165) is 48.8 Å². The Morgan fingerprint density at radius 2 is 1.81 bits per heavy atom. The van der Waals surface area contributed by atoms with Crippen molar-refractivity contribution in [3.8, 4) is 0 Å². The molecule has 1 N–H and O–H groups in total. The Kier molecular flexibility index (Phi) is 5.07. The van der Waals surface area contributed by atoms with Crippen LogP contribution in [-0.4, -0.2) is 44.3 Å². The molecule has 0 spiro atoms. The average Bonchev–Trinajstić information content (AvgIpc) is 2.84. The summed E-state index contributed by atoms with van der Waals surface area (Å²) >= 11 is 0. The molecule has 2 heterocycles. The van der Waals surface area contributed by atoms with E-state index in [1.54, 1.807) is 0 Å². The van der Waals surface area contributed by atoms with Gasteiger partial charge >= 0.3 is 0 Å². The van der Waals surface area contributed by atoms with Gasteiger partial charge in [0.1, 0.15) is 11.5 Å². The number of nitrogens with zero attached hydrogens (tertiary/aromatic N) is 3. The first-order valence-electron chi connectivity index (χ1n) is 9.54. The second kappa shape index (κ2) is 7.80. The highest BCUT2D eigenvalue weighted by Crippen LogP contribution is 2.32. The number of allylic oxidation sites excluding steroid dienone is 1. The topological polar surface area (TPSA) is 30.9 Å². The molecule has 0 atom stereocenters. The lowest BCUT2D eigenvalue weighted by molar-refractivity contribution is 0.401. The van der Waals surface area contributed by atoms with E-state index in [4.69, 9.17) is 4.99 Å². The van der Waals surface area contributed by atoms with Gasteiger partial charge in [-0.3, -0.25) is 0 Å². The molecular weight excluding hydrogens is 332 g/mol. The van der Waals surface area contributed by atoms with Gasteiger partial charge in [0, 0.05) is 24.2 Å². The minimum absolute atomic E-state index is 0.835. The van der Waals surface area contributed by atoms with Gasteiger partial charge in [0.2, 0.25) is 0 Å². The molecule has 4 nitrogen and oxygen atoms in total. The van der Waals surface area contributed by atoms with Crippen LogP contribution in [0.2, 0.25) is 0 Å². The van der Waals surface area contributed by atoms with Crippen molar-refractivity contribution in [3.05, 3.63) is 89.4 Å². The second-order valence-corrected chi connectivity index (χ2v) is 7.17. The van der Waals surface area contributed by atoms with Crippen LogP contribution >= 0.6 is 0 Å². The van der Waals surface area contributed by atoms with Crippen LogP contribution in [0.4, 0.5) is 5.69 Å². The number of nitrogens with one attached hydrogen (secondary N) is 1. The highest BCUT2D eigenvalue weighted by molar-refractivity contribution is 6.17. The predicted octanol–water partition coefficient (Wildman–Crippen LogP) is 3.62. The summed E-state index contributed by atoms with van der Waals surface area (Å²) in [6.07, 6.45) is 5.36. The number of fused-ring (bicyclic) bond motifs is 1. The van der Waals surface area contributed by atoms with Crippen LogP contribution in [-0.2, 0) is 0 Å². The minimum Gasteiger partial charge on any atom is -0.366 e. The van der Waals surface area contributed by atoms with Gasteiger partial charge in [-0.15, -0.1) is 0 Å². The van der Waals surface area contributed by atoms with E-state index >= 15 is 0 Å². The van der Waals surface area contributed by atoms with Crippen LogP contribution in [0.1, 0.15) is 17.5 Å². The van der Waals surface area contributed by atoms with E-state index in [0.29, 0.717) is 0 Å². The van der Waals surface area contributed by atoms with E-state index < -0.39 is 0 Å². The van der Waals surface area contributed by atoms with Gasteiger partial charge < -0.3 is 15.1 Å². The summed E-state index contributed by atoms with van der Waals surface area (Å²) in [7, 11) is 4.25. The quantitative estimate of drug-likeness (QED) is 0.886. The van der Waals surface area contributed by atoms with Crippen molar-refractivity contribution in [2.75, 3.05) is 38.6 Å². The van der Waals surface area contributed by atoms with Crippen molar-refractivity contribution in [1.29, 1.82) is 0 Å². The number of anilines is 1. The first-order valence-corrected chi connectivity index (χ1v) is 9.54. The van der Waals surface area contributed by atoms with Crippen LogP contribution in [0.3, 0.4) is 0 Å². The lowest BCUT2D eigenvalue weighted by atomic mass is 10.00. The smallest absolute Gasteiger partial charge is 0.133 e. The molecule has 0 saturated heterocycles. The number of benzene rings is 2. The molecule has 138 valence electrons. The molecule has 0 aromatic heterocycles. The fourth-order valence-corrected chi connectivity index (χ4v) is 3.62. The number of rotatable bonds is 5. The van der Waals surface area contributed by atoms with Gasteiger partial charge in [-0.1, -0.05) is 54.6 Å². The first-order chi connectivity index (χ1) is 13.2. The maximum atomic E-state index is 5.10. The van der Waals surface area contributed by atoms with Crippen molar-refractivity contribution < 1.29 is 0 Å². The summed E-state index contributed by atoms with van der Waals surface area (Å²) in [4.78, 5) is 9.73. The van der Waals surface area contributed by atoms with Crippen LogP contribution < -0.4 is 10.2 Å². The molecule has 0 bridgehead atoms. The number of aliphatic imine (C=N–C) groups is 1. The van der Waals surface area contributed by atoms with Gasteiger partial charge in [0.15, 0.2) is 0 Å². The average molecular weight is 358 g/mol. The van der Waals surface area contributed by atoms with Gasteiger partial charge in [-0.05, 0) is 39.2 Å². The Morgan fingerprint density at radius 3 is 2.63 bits per heavy atom. The molecule has 27 heavy (non-hydrogen) atoms. The molecule has 0 radical (unpaired) electrons. The molecular formula is C23H26N4. The molecule has 0 aliphatic carbocycles. The largest absolute Gasteiger partial charge is 0.366 e. The third-order valence-corrected chi connectivity index (χ3v) is 4.89. The maximum absolute atomic E-state index is 5.10. The van der Waals surface area contributed by atoms with Crippen molar-refractivity contribution in [1.82, 2.24) is 10.2 Å². The molecule has 0 saturated carbocycles. The number of hydrogen-bond donors (Lipinski definition) is 1. The zero-order chi connectivity index (χ0) is 18.6. The fraction of sp³-hybridized carbons (Fsp3) is 0.261. The minimum atomic E-state index is 0.835. The Balaban J connectivity index is 1.83. The zero-order valence-electron chi connectivity index (χ0n) is 16.0.